The van der Waals surface area contributed by atoms with Gasteiger partial charge >= 0.3 is 0 Å². The lowest BCUT2D eigenvalue weighted by molar-refractivity contribution is 0.0915. The molecular weight excluding hydrogens is 298 g/mol. The van der Waals surface area contributed by atoms with Crippen molar-refractivity contribution in [3.63, 3.8) is 0 Å². The second kappa shape index (κ2) is 6.26. The molecule has 0 aromatic carbocycles. The van der Waals surface area contributed by atoms with Crippen LogP contribution in [-0.2, 0) is 5.41 Å². The number of carbonyl (C=O) groups is 1. The van der Waals surface area contributed by atoms with Gasteiger partial charge in [0, 0.05) is 21.7 Å². The van der Waals surface area contributed by atoms with Gasteiger partial charge in [0.1, 0.15) is 0 Å². The zero-order valence-corrected chi connectivity index (χ0v) is 13.5. The minimum absolute atomic E-state index is 0.0000591. The summed E-state index contributed by atoms with van der Waals surface area (Å²) in [6, 6.07) is 7.50. The lowest BCUT2D eigenvalue weighted by Crippen LogP contribution is -2.38. The van der Waals surface area contributed by atoms with E-state index in [1.165, 1.54) is 24.0 Å². The number of hydrogen-bond acceptors (Lipinski definition) is 4. The van der Waals surface area contributed by atoms with E-state index in [4.69, 9.17) is 4.42 Å². The molecule has 0 spiro atoms. The van der Waals surface area contributed by atoms with Gasteiger partial charge in [-0.1, -0.05) is 12.8 Å². The highest BCUT2D eigenvalue weighted by Crippen LogP contribution is 2.44. The van der Waals surface area contributed by atoms with E-state index in [1.807, 2.05) is 6.07 Å². The Hall–Kier alpha value is -1.59. The van der Waals surface area contributed by atoms with Crippen molar-refractivity contribution in [1.82, 2.24) is 5.32 Å². The van der Waals surface area contributed by atoms with Gasteiger partial charge in [0.25, 0.3) is 5.91 Å². The molecule has 3 rings (SSSR count). The first kappa shape index (κ1) is 15.3. The normalized spacial score (nSPS) is 18.3. The Balaban J connectivity index is 1.75. The van der Waals surface area contributed by atoms with E-state index in [-0.39, 0.29) is 11.3 Å². The van der Waals surface area contributed by atoms with Gasteiger partial charge in [-0.15, -0.1) is 11.3 Å². The summed E-state index contributed by atoms with van der Waals surface area (Å²) in [5.41, 5.74) is 0.0000591. The molecule has 2 aromatic rings. The number of nitrogens with one attached hydrogen (secondary N) is 1. The predicted octanol–water partition coefficient (Wildman–Crippen LogP) is 3.64. The molecule has 1 fully saturated rings. The SMILES string of the molecule is CC(O)c1ccc(C2(CNC(=O)c3ccco3)CCCC2)s1. The van der Waals surface area contributed by atoms with E-state index in [2.05, 4.69) is 11.4 Å². The largest absolute Gasteiger partial charge is 0.459 e. The monoisotopic (exact) mass is 319 g/mol. The summed E-state index contributed by atoms with van der Waals surface area (Å²) in [4.78, 5) is 14.4. The third-order valence-electron chi connectivity index (χ3n) is 4.45. The summed E-state index contributed by atoms with van der Waals surface area (Å²) in [5.74, 6) is 0.188. The molecule has 2 aromatic heterocycles. The van der Waals surface area contributed by atoms with Crippen LogP contribution in [0.1, 0.15) is 59.0 Å². The maximum absolute atomic E-state index is 12.1. The van der Waals surface area contributed by atoms with Crippen LogP contribution in [0.25, 0.3) is 0 Å². The van der Waals surface area contributed by atoms with Gasteiger partial charge in [-0.3, -0.25) is 4.79 Å². The van der Waals surface area contributed by atoms with E-state index < -0.39 is 6.10 Å². The first-order valence-electron chi connectivity index (χ1n) is 7.71. The quantitative estimate of drug-likeness (QED) is 0.884. The van der Waals surface area contributed by atoms with E-state index in [1.54, 1.807) is 30.4 Å². The fourth-order valence-corrected chi connectivity index (χ4v) is 4.36. The Labute approximate surface area is 134 Å². The molecule has 1 aliphatic carbocycles. The molecule has 5 heteroatoms. The minimum atomic E-state index is -0.435. The van der Waals surface area contributed by atoms with Crippen LogP contribution < -0.4 is 5.32 Å². The number of aliphatic hydroxyl groups is 1. The molecule has 4 nitrogen and oxygen atoms in total. The third kappa shape index (κ3) is 2.96. The highest BCUT2D eigenvalue weighted by atomic mass is 32.1. The second-order valence-corrected chi connectivity index (χ2v) is 7.14. The van der Waals surface area contributed by atoms with E-state index in [9.17, 15) is 9.90 Å². The zero-order valence-electron chi connectivity index (χ0n) is 12.7. The van der Waals surface area contributed by atoms with Crippen LogP contribution in [0.3, 0.4) is 0 Å². The van der Waals surface area contributed by atoms with Gasteiger partial charge in [0.2, 0.25) is 0 Å². The fourth-order valence-electron chi connectivity index (χ4n) is 3.17. The van der Waals surface area contributed by atoms with Crippen molar-refractivity contribution in [2.45, 2.75) is 44.1 Å². The van der Waals surface area contributed by atoms with Gasteiger partial charge < -0.3 is 14.8 Å². The van der Waals surface area contributed by atoms with Crippen molar-refractivity contribution in [1.29, 1.82) is 0 Å². The Morgan fingerprint density at radius 3 is 2.77 bits per heavy atom. The topological polar surface area (TPSA) is 62.5 Å². The fraction of sp³-hybridized carbons (Fsp3) is 0.471. The molecule has 0 saturated heterocycles. The smallest absolute Gasteiger partial charge is 0.287 e. The molecule has 22 heavy (non-hydrogen) atoms. The number of carbonyl (C=O) groups excluding carboxylic acids is 1. The van der Waals surface area contributed by atoms with Crippen molar-refractivity contribution in [3.05, 3.63) is 46.0 Å². The van der Waals surface area contributed by atoms with Gasteiger partial charge in [0.05, 0.1) is 12.4 Å². The van der Waals surface area contributed by atoms with Crippen molar-refractivity contribution in [2.75, 3.05) is 6.54 Å². The zero-order chi connectivity index (χ0) is 15.6. The minimum Gasteiger partial charge on any atom is -0.459 e. The van der Waals surface area contributed by atoms with Gasteiger partial charge in [-0.25, -0.2) is 0 Å². The molecule has 0 bridgehead atoms. The van der Waals surface area contributed by atoms with Gasteiger partial charge in [-0.05, 0) is 44.0 Å². The van der Waals surface area contributed by atoms with Crippen LogP contribution in [0.2, 0.25) is 0 Å². The summed E-state index contributed by atoms with van der Waals surface area (Å²) in [5, 5.41) is 12.8. The van der Waals surface area contributed by atoms with Crippen LogP contribution in [0, 0.1) is 0 Å². The summed E-state index contributed by atoms with van der Waals surface area (Å²) in [7, 11) is 0. The van der Waals surface area contributed by atoms with Gasteiger partial charge in [-0.2, -0.15) is 0 Å². The molecule has 118 valence electrons. The van der Waals surface area contributed by atoms with Crippen molar-refractivity contribution < 1.29 is 14.3 Å². The van der Waals surface area contributed by atoms with E-state index in [0.29, 0.717) is 12.3 Å². The molecular formula is C17H21NO3S. The van der Waals surface area contributed by atoms with E-state index >= 15 is 0 Å². The summed E-state index contributed by atoms with van der Waals surface area (Å²) in [6.07, 6.45) is 5.58. The molecule has 0 radical (unpaired) electrons. The molecule has 2 N–H and O–H groups in total. The molecule has 1 aliphatic rings. The summed E-state index contributed by atoms with van der Waals surface area (Å²) < 4.78 is 5.14. The molecule has 1 saturated carbocycles. The number of furan rings is 1. The van der Waals surface area contributed by atoms with Crippen LogP contribution >= 0.6 is 11.3 Å². The summed E-state index contributed by atoms with van der Waals surface area (Å²) >= 11 is 1.66. The Morgan fingerprint density at radius 2 is 2.18 bits per heavy atom. The Morgan fingerprint density at radius 1 is 1.41 bits per heavy atom. The number of rotatable bonds is 5. The van der Waals surface area contributed by atoms with Crippen LogP contribution in [0.15, 0.2) is 34.9 Å². The van der Waals surface area contributed by atoms with Crippen molar-refractivity contribution in [3.8, 4) is 0 Å². The molecule has 0 aliphatic heterocycles. The molecule has 1 unspecified atom stereocenters. The predicted molar refractivity (Wildman–Crippen MR) is 86.1 cm³/mol. The maximum atomic E-state index is 12.1. The molecule has 1 atom stereocenters. The second-order valence-electron chi connectivity index (χ2n) is 6.03. The Bertz CT molecular complexity index is 624. The number of hydrogen-bond donors (Lipinski definition) is 2. The van der Waals surface area contributed by atoms with Crippen molar-refractivity contribution >= 4 is 17.2 Å². The van der Waals surface area contributed by atoms with Crippen LogP contribution in [0.4, 0.5) is 0 Å². The van der Waals surface area contributed by atoms with Crippen LogP contribution in [0.5, 0.6) is 0 Å². The first-order chi connectivity index (χ1) is 10.6. The lowest BCUT2D eigenvalue weighted by atomic mass is 9.84. The molecule has 1 amide bonds. The maximum Gasteiger partial charge on any atom is 0.287 e. The average molecular weight is 319 g/mol. The third-order valence-corrected chi connectivity index (χ3v) is 5.96. The number of aliphatic hydroxyl groups excluding tert-OH is 1. The lowest BCUT2D eigenvalue weighted by Gasteiger charge is -2.28. The standard InChI is InChI=1S/C17H21NO3S/c1-12(19)14-6-7-15(22-14)17(8-2-3-9-17)11-18-16(20)13-5-4-10-21-13/h4-7,10,12,19H,2-3,8-9,11H2,1H3,(H,18,20). The number of amides is 1. The Kier molecular flexibility index (Phi) is 4.36. The highest BCUT2D eigenvalue weighted by Gasteiger charge is 2.37. The number of thiophene rings is 1. The van der Waals surface area contributed by atoms with E-state index in [0.717, 1.165) is 17.7 Å². The summed E-state index contributed by atoms with van der Waals surface area (Å²) in [6.45, 7) is 2.40. The highest BCUT2D eigenvalue weighted by molar-refractivity contribution is 7.12. The van der Waals surface area contributed by atoms with Gasteiger partial charge in [0.15, 0.2) is 5.76 Å². The first-order valence-corrected chi connectivity index (χ1v) is 8.52. The molecule has 2 heterocycles. The van der Waals surface area contributed by atoms with Crippen LogP contribution in [-0.4, -0.2) is 17.6 Å². The average Bonchev–Trinajstić information content (AvgIpc) is 3.24. The van der Waals surface area contributed by atoms with Crippen molar-refractivity contribution in [2.24, 2.45) is 0 Å².